The first-order valence-electron chi connectivity index (χ1n) is 10.8. The molecule has 0 heterocycles. The van der Waals surface area contributed by atoms with Gasteiger partial charge < -0.3 is 14.2 Å². The summed E-state index contributed by atoms with van der Waals surface area (Å²) in [4.78, 5) is 33.2. The fourth-order valence-electron chi connectivity index (χ4n) is 3.06. The van der Waals surface area contributed by atoms with E-state index in [4.69, 9.17) is 14.2 Å². The Morgan fingerprint density at radius 1 is 0.917 bits per heavy atom. The minimum atomic E-state index is -0.763. The summed E-state index contributed by atoms with van der Waals surface area (Å²) in [5.41, 5.74) is 2.30. The molecule has 0 spiro atoms. The Morgan fingerprint density at radius 3 is 2.33 bits per heavy atom. The standard InChI is InChI=1S/C24H22N4O8/c1-3-34-22-10-8-17(13-23(22)35-4-2)24(29)26-25-15-16-6-5-7-19(12-16)36-21-11-9-18(27(30)31)14-20(21)28(32)33/h5-15H,3-4H2,1-2H3,(H,26,29)/b25-15+. The Labute approximate surface area is 205 Å². The van der Waals surface area contributed by atoms with E-state index < -0.39 is 27.1 Å². The van der Waals surface area contributed by atoms with E-state index in [1.165, 1.54) is 12.3 Å². The summed E-state index contributed by atoms with van der Waals surface area (Å²) in [5, 5.41) is 26.2. The van der Waals surface area contributed by atoms with Crippen molar-refractivity contribution in [2.24, 2.45) is 5.10 Å². The minimum absolute atomic E-state index is 0.159. The number of ether oxygens (including phenoxy) is 3. The average molecular weight is 494 g/mol. The normalized spacial score (nSPS) is 10.6. The minimum Gasteiger partial charge on any atom is -0.490 e. The summed E-state index contributed by atoms with van der Waals surface area (Å²) in [6.45, 7) is 4.53. The van der Waals surface area contributed by atoms with E-state index in [0.29, 0.717) is 35.8 Å². The Morgan fingerprint density at radius 2 is 1.64 bits per heavy atom. The third-order valence-corrected chi connectivity index (χ3v) is 4.62. The van der Waals surface area contributed by atoms with Crippen LogP contribution in [-0.4, -0.2) is 35.2 Å². The number of nitro benzene ring substituents is 2. The largest absolute Gasteiger partial charge is 0.490 e. The number of rotatable bonds is 11. The van der Waals surface area contributed by atoms with Gasteiger partial charge in [-0.2, -0.15) is 5.10 Å². The number of amides is 1. The van der Waals surface area contributed by atoms with Crippen LogP contribution in [0, 0.1) is 20.2 Å². The second kappa shape index (κ2) is 11.9. The summed E-state index contributed by atoms with van der Waals surface area (Å²) in [5.74, 6) is 0.582. The Kier molecular flexibility index (Phi) is 8.49. The fraction of sp³-hybridized carbons (Fsp3) is 0.167. The lowest BCUT2D eigenvalue weighted by Crippen LogP contribution is -2.17. The van der Waals surface area contributed by atoms with Crippen LogP contribution in [0.15, 0.2) is 65.8 Å². The van der Waals surface area contributed by atoms with Crippen molar-refractivity contribution >= 4 is 23.5 Å². The van der Waals surface area contributed by atoms with Crippen LogP contribution >= 0.6 is 0 Å². The molecule has 0 saturated heterocycles. The van der Waals surface area contributed by atoms with Gasteiger partial charge in [0.05, 0.1) is 35.3 Å². The topological polar surface area (TPSA) is 155 Å². The first-order valence-corrected chi connectivity index (χ1v) is 10.8. The molecule has 3 aromatic carbocycles. The zero-order valence-electron chi connectivity index (χ0n) is 19.4. The zero-order valence-corrected chi connectivity index (χ0v) is 19.4. The van der Waals surface area contributed by atoms with Crippen LogP contribution in [-0.2, 0) is 0 Å². The Bertz CT molecular complexity index is 1310. The lowest BCUT2D eigenvalue weighted by atomic mass is 10.2. The van der Waals surface area contributed by atoms with E-state index in [0.717, 1.165) is 18.2 Å². The summed E-state index contributed by atoms with van der Waals surface area (Å²) >= 11 is 0. The number of nitro groups is 2. The van der Waals surface area contributed by atoms with Gasteiger partial charge in [-0.3, -0.25) is 25.0 Å². The number of carbonyl (C=O) groups excluding carboxylic acids is 1. The fourth-order valence-corrected chi connectivity index (χ4v) is 3.06. The Hall–Kier alpha value is -5.00. The number of nitrogens with zero attached hydrogens (tertiary/aromatic N) is 3. The third kappa shape index (κ3) is 6.53. The molecule has 36 heavy (non-hydrogen) atoms. The van der Waals surface area contributed by atoms with Crippen LogP contribution in [0.25, 0.3) is 0 Å². The quantitative estimate of drug-likeness (QED) is 0.225. The SMILES string of the molecule is CCOc1ccc(C(=O)N/N=C/c2cccc(Oc3ccc([N+](=O)[O-])cc3[N+](=O)[O-])c2)cc1OCC. The molecule has 1 amide bonds. The third-order valence-electron chi connectivity index (χ3n) is 4.62. The van der Waals surface area contributed by atoms with Gasteiger partial charge in [-0.15, -0.1) is 0 Å². The van der Waals surface area contributed by atoms with Crippen molar-refractivity contribution in [2.45, 2.75) is 13.8 Å². The van der Waals surface area contributed by atoms with E-state index in [-0.39, 0.29) is 11.5 Å². The second-order valence-electron chi connectivity index (χ2n) is 7.07. The van der Waals surface area contributed by atoms with Gasteiger partial charge >= 0.3 is 5.69 Å². The van der Waals surface area contributed by atoms with Gasteiger partial charge in [0.2, 0.25) is 5.75 Å². The van der Waals surface area contributed by atoms with Crippen molar-refractivity contribution in [1.29, 1.82) is 0 Å². The van der Waals surface area contributed by atoms with E-state index in [1.54, 1.807) is 36.4 Å². The zero-order chi connectivity index (χ0) is 26.1. The molecule has 12 nitrogen and oxygen atoms in total. The molecule has 0 fully saturated rings. The van der Waals surface area contributed by atoms with Crippen molar-refractivity contribution < 1.29 is 28.9 Å². The maximum absolute atomic E-state index is 12.5. The highest BCUT2D eigenvalue weighted by molar-refractivity contribution is 5.95. The smallest absolute Gasteiger partial charge is 0.318 e. The van der Waals surface area contributed by atoms with Crippen LogP contribution in [0.4, 0.5) is 11.4 Å². The molecule has 0 radical (unpaired) electrons. The molecule has 3 aromatic rings. The second-order valence-corrected chi connectivity index (χ2v) is 7.07. The highest BCUT2D eigenvalue weighted by atomic mass is 16.6. The number of nitrogens with one attached hydrogen (secondary N) is 1. The lowest BCUT2D eigenvalue weighted by molar-refractivity contribution is -0.394. The van der Waals surface area contributed by atoms with Crippen LogP contribution in [0.3, 0.4) is 0 Å². The first kappa shape index (κ1) is 25.6. The molecule has 0 atom stereocenters. The van der Waals surface area contributed by atoms with Crippen LogP contribution < -0.4 is 19.6 Å². The van der Waals surface area contributed by atoms with Crippen molar-refractivity contribution in [3.63, 3.8) is 0 Å². The molecule has 0 aliphatic rings. The monoisotopic (exact) mass is 494 g/mol. The maximum Gasteiger partial charge on any atom is 0.318 e. The molecule has 12 heteroatoms. The summed E-state index contributed by atoms with van der Waals surface area (Å²) < 4.78 is 16.6. The Balaban J connectivity index is 1.71. The molecule has 0 unspecified atom stereocenters. The van der Waals surface area contributed by atoms with Crippen LogP contribution in [0.1, 0.15) is 29.8 Å². The molecular weight excluding hydrogens is 472 g/mol. The maximum atomic E-state index is 12.5. The van der Waals surface area contributed by atoms with Gasteiger partial charge in [-0.05, 0) is 55.8 Å². The van der Waals surface area contributed by atoms with Crippen molar-refractivity contribution in [1.82, 2.24) is 5.43 Å². The number of carbonyl (C=O) groups is 1. The molecule has 3 rings (SSSR count). The van der Waals surface area contributed by atoms with E-state index in [2.05, 4.69) is 10.5 Å². The highest BCUT2D eigenvalue weighted by Crippen LogP contribution is 2.34. The molecule has 0 aliphatic carbocycles. The molecule has 0 aromatic heterocycles. The van der Waals surface area contributed by atoms with Gasteiger partial charge in [-0.1, -0.05) is 12.1 Å². The van der Waals surface area contributed by atoms with E-state index in [9.17, 15) is 25.0 Å². The van der Waals surface area contributed by atoms with Crippen LogP contribution in [0.2, 0.25) is 0 Å². The molecule has 1 N–H and O–H groups in total. The average Bonchev–Trinajstić information content (AvgIpc) is 2.85. The highest BCUT2D eigenvalue weighted by Gasteiger charge is 2.21. The van der Waals surface area contributed by atoms with Gasteiger partial charge in [0.25, 0.3) is 11.6 Å². The molecule has 0 saturated carbocycles. The van der Waals surface area contributed by atoms with Gasteiger partial charge in [-0.25, -0.2) is 5.43 Å². The van der Waals surface area contributed by atoms with Crippen molar-refractivity contribution in [2.75, 3.05) is 13.2 Å². The van der Waals surface area contributed by atoms with Gasteiger partial charge in [0.1, 0.15) is 5.75 Å². The molecular formula is C24H22N4O8. The first-order chi connectivity index (χ1) is 17.3. The molecule has 0 bridgehead atoms. The van der Waals surface area contributed by atoms with Gasteiger partial charge in [0.15, 0.2) is 11.5 Å². The van der Waals surface area contributed by atoms with E-state index >= 15 is 0 Å². The summed E-state index contributed by atoms with van der Waals surface area (Å²) in [6.07, 6.45) is 1.37. The van der Waals surface area contributed by atoms with Crippen LogP contribution in [0.5, 0.6) is 23.0 Å². The number of hydrogen-bond donors (Lipinski definition) is 1. The number of hydrazone groups is 1. The van der Waals surface area contributed by atoms with Crippen molar-refractivity contribution in [3.8, 4) is 23.0 Å². The molecule has 0 aliphatic heterocycles. The summed E-state index contributed by atoms with van der Waals surface area (Å²) in [6, 6.07) is 14.3. The van der Waals surface area contributed by atoms with Crippen molar-refractivity contribution in [3.05, 3.63) is 92.0 Å². The summed E-state index contributed by atoms with van der Waals surface area (Å²) in [7, 11) is 0. The number of hydrogen-bond acceptors (Lipinski definition) is 9. The number of non-ortho nitro benzene ring substituents is 1. The van der Waals surface area contributed by atoms with Gasteiger partial charge in [0, 0.05) is 11.6 Å². The molecule has 186 valence electrons. The van der Waals surface area contributed by atoms with E-state index in [1.807, 2.05) is 13.8 Å². The predicted molar refractivity (Wildman–Crippen MR) is 130 cm³/mol. The number of benzene rings is 3. The lowest BCUT2D eigenvalue weighted by Gasteiger charge is -2.11. The predicted octanol–water partition coefficient (Wildman–Crippen LogP) is 4.86.